The monoisotopic (exact) mass is 314 g/mol. The van der Waals surface area contributed by atoms with E-state index in [2.05, 4.69) is 5.32 Å². The minimum atomic E-state index is -3.31. The van der Waals surface area contributed by atoms with Crippen molar-refractivity contribution in [3.05, 3.63) is 29.8 Å². The Morgan fingerprint density at radius 2 is 1.90 bits per heavy atom. The first-order valence-corrected chi connectivity index (χ1v) is 8.52. The highest BCUT2D eigenvalue weighted by Crippen LogP contribution is 2.18. The molecule has 0 saturated carbocycles. The SMILES string of the molecule is CCN(c1ccc(C(=O)N[C@@H](C)COC)cc1)S(C)(=O)=O. The van der Waals surface area contributed by atoms with Crippen LogP contribution in [0.5, 0.6) is 0 Å². The van der Waals surface area contributed by atoms with E-state index in [-0.39, 0.29) is 11.9 Å². The summed E-state index contributed by atoms with van der Waals surface area (Å²) in [7, 11) is -1.74. The lowest BCUT2D eigenvalue weighted by Crippen LogP contribution is -2.35. The molecule has 1 aromatic carbocycles. The van der Waals surface area contributed by atoms with Crippen molar-refractivity contribution in [2.24, 2.45) is 0 Å². The predicted octanol–water partition coefficient (Wildman–Crippen LogP) is 1.24. The van der Waals surface area contributed by atoms with Crippen LogP contribution in [-0.4, -0.2) is 46.9 Å². The van der Waals surface area contributed by atoms with Gasteiger partial charge in [0.15, 0.2) is 0 Å². The van der Waals surface area contributed by atoms with Gasteiger partial charge >= 0.3 is 0 Å². The fraction of sp³-hybridized carbons (Fsp3) is 0.500. The Kier molecular flexibility index (Phi) is 6.17. The maximum Gasteiger partial charge on any atom is 0.251 e. The number of benzene rings is 1. The van der Waals surface area contributed by atoms with Gasteiger partial charge in [-0.1, -0.05) is 0 Å². The average Bonchev–Trinajstić information content (AvgIpc) is 2.38. The zero-order chi connectivity index (χ0) is 16.0. The average molecular weight is 314 g/mol. The predicted molar refractivity (Wildman–Crippen MR) is 83.1 cm³/mol. The van der Waals surface area contributed by atoms with Crippen molar-refractivity contribution in [1.29, 1.82) is 0 Å². The summed E-state index contributed by atoms with van der Waals surface area (Å²) in [6.45, 7) is 4.38. The third-order valence-corrected chi connectivity index (χ3v) is 4.17. The zero-order valence-electron chi connectivity index (χ0n) is 12.8. The van der Waals surface area contributed by atoms with E-state index in [0.29, 0.717) is 24.4 Å². The highest BCUT2D eigenvalue weighted by molar-refractivity contribution is 7.92. The molecule has 1 rings (SSSR count). The summed E-state index contributed by atoms with van der Waals surface area (Å²) >= 11 is 0. The van der Waals surface area contributed by atoms with E-state index in [1.807, 2.05) is 6.92 Å². The van der Waals surface area contributed by atoms with Crippen LogP contribution >= 0.6 is 0 Å². The summed E-state index contributed by atoms with van der Waals surface area (Å²) in [5, 5.41) is 2.79. The van der Waals surface area contributed by atoms with Crippen molar-refractivity contribution >= 4 is 21.6 Å². The second-order valence-corrected chi connectivity index (χ2v) is 6.71. The maximum absolute atomic E-state index is 12.0. The van der Waals surface area contributed by atoms with Gasteiger partial charge < -0.3 is 10.1 Å². The van der Waals surface area contributed by atoms with Gasteiger partial charge in [-0.05, 0) is 38.1 Å². The fourth-order valence-corrected chi connectivity index (χ4v) is 2.96. The first-order chi connectivity index (χ1) is 9.79. The standard InChI is InChI=1S/C14H22N2O4S/c1-5-16(21(4,18)19)13-8-6-12(7-9-13)14(17)15-11(2)10-20-3/h6-9,11H,5,10H2,1-4H3,(H,15,17)/t11-/m0/s1. The molecule has 21 heavy (non-hydrogen) atoms. The Labute approximate surface area is 126 Å². The second kappa shape index (κ2) is 7.42. The number of sulfonamides is 1. The van der Waals surface area contributed by atoms with Crippen molar-refractivity contribution in [3.8, 4) is 0 Å². The molecule has 6 nitrogen and oxygen atoms in total. The van der Waals surface area contributed by atoms with E-state index in [1.165, 1.54) is 4.31 Å². The van der Waals surface area contributed by atoms with E-state index in [1.54, 1.807) is 38.3 Å². The highest BCUT2D eigenvalue weighted by atomic mass is 32.2. The topological polar surface area (TPSA) is 75.7 Å². The third-order valence-electron chi connectivity index (χ3n) is 2.90. The molecule has 0 radical (unpaired) electrons. The van der Waals surface area contributed by atoms with E-state index >= 15 is 0 Å². The number of hydrogen-bond donors (Lipinski definition) is 1. The second-order valence-electron chi connectivity index (χ2n) is 4.80. The number of anilines is 1. The smallest absolute Gasteiger partial charge is 0.251 e. The molecule has 1 amide bonds. The van der Waals surface area contributed by atoms with E-state index in [0.717, 1.165) is 6.26 Å². The molecule has 7 heteroatoms. The van der Waals surface area contributed by atoms with Gasteiger partial charge in [0.05, 0.1) is 18.6 Å². The van der Waals surface area contributed by atoms with Gasteiger partial charge in [0.25, 0.3) is 5.91 Å². The van der Waals surface area contributed by atoms with E-state index in [4.69, 9.17) is 4.74 Å². The summed E-state index contributed by atoms with van der Waals surface area (Å²) in [6, 6.07) is 6.38. The van der Waals surface area contributed by atoms with Crippen LogP contribution in [0.2, 0.25) is 0 Å². The van der Waals surface area contributed by atoms with Crippen LogP contribution in [0.3, 0.4) is 0 Å². The van der Waals surface area contributed by atoms with Crippen molar-refractivity contribution in [2.45, 2.75) is 19.9 Å². The first kappa shape index (κ1) is 17.5. The molecule has 0 saturated heterocycles. The summed E-state index contributed by atoms with van der Waals surface area (Å²) in [5.41, 5.74) is 1.02. The van der Waals surface area contributed by atoms with Crippen molar-refractivity contribution < 1.29 is 17.9 Å². The number of ether oxygens (including phenoxy) is 1. The lowest BCUT2D eigenvalue weighted by Gasteiger charge is -2.20. The number of nitrogens with zero attached hydrogens (tertiary/aromatic N) is 1. The van der Waals surface area contributed by atoms with E-state index in [9.17, 15) is 13.2 Å². The number of carbonyl (C=O) groups is 1. The summed E-state index contributed by atoms with van der Waals surface area (Å²) in [5.74, 6) is -0.214. The Hall–Kier alpha value is -1.60. The largest absolute Gasteiger partial charge is 0.383 e. The Morgan fingerprint density at radius 1 is 1.33 bits per heavy atom. The van der Waals surface area contributed by atoms with Gasteiger partial charge in [-0.3, -0.25) is 9.10 Å². The van der Waals surface area contributed by atoms with Gasteiger partial charge in [-0.15, -0.1) is 0 Å². The van der Waals surface area contributed by atoms with Crippen LogP contribution in [0.25, 0.3) is 0 Å². The molecule has 0 heterocycles. The lowest BCUT2D eigenvalue weighted by molar-refractivity contribution is 0.0905. The molecular formula is C14H22N2O4S. The molecule has 0 aromatic heterocycles. The van der Waals surface area contributed by atoms with Crippen LogP contribution in [0.4, 0.5) is 5.69 Å². The van der Waals surface area contributed by atoms with Crippen molar-refractivity contribution in [3.63, 3.8) is 0 Å². The molecule has 118 valence electrons. The molecule has 0 aliphatic heterocycles. The Bertz CT molecular complexity index is 569. The molecule has 0 unspecified atom stereocenters. The van der Waals surface area contributed by atoms with Crippen LogP contribution < -0.4 is 9.62 Å². The van der Waals surface area contributed by atoms with Crippen LogP contribution in [0.1, 0.15) is 24.2 Å². The number of rotatable bonds is 7. The van der Waals surface area contributed by atoms with Crippen LogP contribution in [-0.2, 0) is 14.8 Å². The number of nitrogens with one attached hydrogen (secondary N) is 1. The Balaban J connectivity index is 2.85. The number of amides is 1. The number of methoxy groups -OCH3 is 1. The number of carbonyl (C=O) groups excluding carboxylic acids is 1. The van der Waals surface area contributed by atoms with Gasteiger partial charge in [0.1, 0.15) is 0 Å². The molecule has 0 aliphatic carbocycles. The van der Waals surface area contributed by atoms with Crippen LogP contribution in [0.15, 0.2) is 24.3 Å². The summed E-state index contributed by atoms with van der Waals surface area (Å²) in [6.07, 6.45) is 1.16. The van der Waals surface area contributed by atoms with Crippen LogP contribution in [0, 0.1) is 0 Å². The minimum absolute atomic E-state index is 0.0923. The fourth-order valence-electron chi connectivity index (χ4n) is 1.99. The van der Waals surface area contributed by atoms with E-state index < -0.39 is 10.0 Å². The zero-order valence-corrected chi connectivity index (χ0v) is 13.6. The van der Waals surface area contributed by atoms with Gasteiger partial charge in [-0.2, -0.15) is 0 Å². The molecule has 0 fully saturated rings. The third kappa shape index (κ3) is 5.02. The van der Waals surface area contributed by atoms with Gasteiger partial charge in [-0.25, -0.2) is 8.42 Å². The molecule has 0 spiro atoms. The highest BCUT2D eigenvalue weighted by Gasteiger charge is 2.16. The lowest BCUT2D eigenvalue weighted by atomic mass is 10.2. The van der Waals surface area contributed by atoms with Crippen molar-refractivity contribution in [2.75, 3.05) is 30.8 Å². The maximum atomic E-state index is 12.0. The number of hydrogen-bond acceptors (Lipinski definition) is 4. The van der Waals surface area contributed by atoms with Gasteiger partial charge in [0, 0.05) is 25.3 Å². The Morgan fingerprint density at radius 3 is 2.33 bits per heavy atom. The first-order valence-electron chi connectivity index (χ1n) is 6.67. The molecule has 1 atom stereocenters. The van der Waals surface area contributed by atoms with Gasteiger partial charge in [0.2, 0.25) is 10.0 Å². The van der Waals surface area contributed by atoms with Crippen molar-refractivity contribution in [1.82, 2.24) is 5.32 Å². The quantitative estimate of drug-likeness (QED) is 0.821. The molecule has 1 N–H and O–H groups in total. The summed E-state index contributed by atoms with van der Waals surface area (Å²) < 4.78 is 29.5. The minimum Gasteiger partial charge on any atom is -0.383 e. The molecule has 0 aliphatic rings. The normalized spacial score (nSPS) is 12.8. The molecular weight excluding hydrogens is 292 g/mol. The molecule has 1 aromatic rings. The molecule has 0 bridgehead atoms. The summed E-state index contributed by atoms with van der Waals surface area (Å²) in [4.78, 5) is 12.0.